The number of fused-ring (bicyclic) bond motifs is 2. The number of hydrogen-bond acceptors (Lipinski definition) is 8. The Bertz CT molecular complexity index is 1310. The van der Waals surface area contributed by atoms with Gasteiger partial charge in [-0.2, -0.15) is 9.11 Å². The molecule has 0 aliphatic heterocycles. The molecule has 0 amide bonds. The van der Waals surface area contributed by atoms with Crippen LogP contribution in [0.5, 0.6) is 0 Å². The molecule has 32 heavy (non-hydrogen) atoms. The van der Waals surface area contributed by atoms with Gasteiger partial charge in [-0.3, -0.25) is 14.8 Å². The van der Waals surface area contributed by atoms with Gasteiger partial charge in [-0.15, -0.1) is 10.2 Å². The van der Waals surface area contributed by atoms with Crippen molar-refractivity contribution in [2.24, 2.45) is 10.2 Å². The summed E-state index contributed by atoms with van der Waals surface area (Å²) in [7, 11) is -4.59. The zero-order chi connectivity index (χ0) is 22.3. The van der Waals surface area contributed by atoms with Crippen molar-refractivity contribution >= 4 is 50.2 Å². The predicted octanol–water partition coefficient (Wildman–Crippen LogP) is -0.192. The maximum absolute atomic E-state index is 12.8. The van der Waals surface area contributed by atoms with Gasteiger partial charge < -0.3 is 10.4 Å². The van der Waals surface area contributed by atoms with Crippen molar-refractivity contribution in [1.29, 1.82) is 0 Å². The third kappa shape index (κ3) is 4.46. The molecule has 156 valence electrons. The number of carbonyl (C=O) groups excluding carboxylic acids is 2. The molecular weight excluding hydrogens is 449 g/mol. The third-order valence-electron chi connectivity index (χ3n) is 4.64. The molecule has 2 aromatic rings. The molecule has 0 radical (unpaired) electrons. The second-order valence-electron chi connectivity index (χ2n) is 6.56. The van der Waals surface area contributed by atoms with Gasteiger partial charge in [-0.25, -0.2) is 0 Å². The molecular formula is C20H13N3NaO7S+. The Balaban J connectivity index is 0.00000289. The second-order valence-corrected chi connectivity index (χ2v) is 7.99. The number of benzene rings is 2. The molecule has 0 spiro atoms. The maximum Gasteiger partial charge on any atom is 1.00 e. The molecule has 0 atom stereocenters. The van der Waals surface area contributed by atoms with Gasteiger partial charge in [-0.05, 0) is 34.0 Å². The zero-order valence-corrected chi connectivity index (χ0v) is 19.3. The number of ketones is 2. The fourth-order valence-corrected chi connectivity index (χ4v) is 3.92. The molecule has 0 saturated heterocycles. The summed E-state index contributed by atoms with van der Waals surface area (Å²) in [5.41, 5.74) is 0.118. The summed E-state index contributed by atoms with van der Waals surface area (Å²) >= 11 is 0. The molecule has 0 aromatic heterocycles. The van der Waals surface area contributed by atoms with Crippen LogP contribution in [-0.4, -0.2) is 37.3 Å². The standard InChI is InChI=1S/C20H13N3O7S.Na/c24-17-8-5-11-3-1-2-4-13(11)19(17)22-21-16-10-18(31(28,29)30)15-9-12(23(26)27)6-7-14(15)20(16)25;/h1-10,26H,(H2,28,29,30);/q;+1. The normalized spacial score (nSPS) is 17.6. The van der Waals surface area contributed by atoms with Gasteiger partial charge in [0.2, 0.25) is 16.5 Å². The summed E-state index contributed by atoms with van der Waals surface area (Å²) in [5, 5.41) is 27.4. The van der Waals surface area contributed by atoms with Gasteiger partial charge in [0.25, 0.3) is 0 Å². The number of nitrogens with zero attached hydrogens (tertiary/aromatic N) is 3. The van der Waals surface area contributed by atoms with Gasteiger partial charge >= 0.3 is 40.1 Å². The van der Waals surface area contributed by atoms with Crippen LogP contribution >= 0.6 is 0 Å². The zero-order valence-electron chi connectivity index (χ0n) is 16.5. The maximum atomic E-state index is 12.8. The van der Waals surface area contributed by atoms with E-state index in [2.05, 4.69) is 10.2 Å². The Kier molecular flexibility index (Phi) is 6.83. The summed E-state index contributed by atoms with van der Waals surface area (Å²) in [6.45, 7) is 0. The molecule has 0 bridgehead atoms. The molecule has 0 saturated carbocycles. The monoisotopic (exact) mass is 462 g/mol. The smallest absolute Gasteiger partial charge is 0.733 e. The van der Waals surface area contributed by atoms with E-state index in [9.17, 15) is 28.1 Å². The Hall–Kier alpha value is -2.61. The number of allylic oxidation sites excluding steroid dienone is 2. The quantitative estimate of drug-likeness (QED) is 0.321. The third-order valence-corrected chi connectivity index (χ3v) is 5.55. The van der Waals surface area contributed by atoms with E-state index >= 15 is 0 Å². The van der Waals surface area contributed by atoms with Crippen LogP contribution in [0.15, 0.2) is 64.8 Å². The van der Waals surface area contributed by atoms with Crippen molar-refractivity contribution < 1.29 is 57.7 Å². The fourth-order valence-electron chi connectivity index (χ4n) is 3.19. The molecule has 4 rings (SSSR count). The van der Waals surface area contributed by atoms with Crippen molar-refractivity contribution in [3.8, 4) is 0 Å². The van der Waals surface area contributed by atoms with Gasteiger partial charge in [0, 0.05) is 22.8 Å². The van der Waals surface area contributed by atoms with Crippen molar-refractivity contribution in [1.82, 2.24) is 0 Å². The number of hydrogen-bond donors (Lipinski definition) is 3. The van der Waals surface area contributed by atoms with Crippen molar-refractivity contribution in [2.75, 3.05) is 5.23 Å². The summed E-state index contributed by atoms with van der Waals surface area (Å²) < 4.78 is 31.4. The molecule has 12 heteroatoms. The van der Waals surface area contributed by atoms with Crippen LogP contribution in [0.2, 0.25) is 0 Å². The van der Waals surface area contributed by atoms with Gasteiger partial charge in [0.1, 0.15) is 11.4 Å². The molecule has 2 aliphatic rings. The molecule has 3 N–H and O–H groups in total. The Morgan fingerprint density at radius 3 is 2.34 bits per heavy atom. The molecule has 0 heterocycles. The minimum absolute atomic E-state index is 0. The van der Waals surface area contributed by atoms with Crippen LogP contribution in [0.25, 0.3) is 11.0 Å². The molecule has 2 aliphatic carbocycles. The Labute approximate surface area is 204 Å². The van der Waals surface area contributed by atoms with Crippen LogP contribution in [-0.2, 0) is 19.5 Å². The van der Waals surface area contributed by atoms with Crippen molar-refractivity contribution in [3.05, 3.63) is 82.1 Å². The van der Waals surface area contributed by atoms with Crippen LogP contribution in [0.3, 0.4) is 0 Å². The first-order valence-corrected chi connectivity index (χ1v) is 10.2. The molecule has 10 nitrogen and oxygen atoms in total. The second kappa shape index (κ2) is 9.10. The topological polar surface area (TPSA) is 163 Å². The number of Topliss-reactive ketones (excluding diaryl/α,β-unsaturated/α-hetero) is 1. The fraction of sp³-hybridized carbons (Fsp3) is 0. The summed E-state index contributed by atoms with van der Waals surface area (Å²) in [6.07, 6.45) is 3.77. The predicted molar refractivity (Wildman–Crippen MR) is 114 cm³/mol. The summed E-state index contributed by atoms with van der Waals surface area (Å²) in [4.78, 5) is 24.5. The van der Waals surface area contributed by atoms with E-state index in [0.717, 1.165) is 29.8 Å². The van der Waals surface area contributed by atoms with Gasteiger partial charge in [0.15, 0.2) is 0 Å². The minimum atomic E-state index is -4.59. The first-order valence-electron chi connectivity index (χ1n) is 8.70. The minimum Gasteiger partial charge on any atom is -0.733 e. The Morgan fingerprint density at radius 2 is 1.66 bits per heavy atom. The number of carbonyl (C=O) groups is 2. The van der Waals surface area contributed by atoms with Crippen molar-refractivity contribution in [2.45, 2.75) is 0 Å². The van der Waals surface area contributed by atoms with Gasteiger partial charge in [0.05, 0.1) is 5.69 Å². The summed E-state index contributed by atoms with van der Waals surface area (Å²) in [6, 6.07) is 10.1. The van der Waals surface area contributed by atoms with E-state index in [1.807, 2.05) is 0 Å². The molecule has 0 unspecified atom stereocenters. The van der Waals surface area contributed by atoms with E-state index < -0.39 is 37.9 Å². The van der Waals surface area contributed by atoms with E-state index in [1.165, 1.54) is 6.08 Å². The van der Waals surface area contributed by atoms with E-state index in [4.69, 9.17) is 5.21 Å². The van der Waals surface area contributed by atoms with Crippen LogP contribution in [0, 0.1) is 5.21 Å². The molecule has 2 aromatic carbocycles. The number of rotatable bonds is 3. The van der Waals surface area contributed by atoms with Crippen LogP contribution in [0.4, 0.5) is 5.69 Å². The van der Waals surface area contributed by atoms with E-state index in [0.29, 0.717) is 5.56 Å². The first-order chi connectivity index (χ1) is 14.7. The Morgan fingerprint density at radius 1 is 0.938 bits per heavy atom. The van der Waals surface area contributed by atoms with Crippen LogP contribution < -0.4 is 34.8 Å². The average Bonchev–Trinajstić information content (AvgIpc) is 2.73. The largest absolute Gasteiger partial charge is 1.00 e. The summed E-state index contributed by atoms with van der Waals surface area (Å²) in [5.74, 6) is -1.16. The molecule has 0 fully saturated rings. The number of anilines is 1. The van der Waals surface area contributed by atoms with E-state index in [1.54, 1.807) is 30.3 Å². The SMILES string of the molecule is O=C1C=Cc2ccccc2C1=NN=C1C=C([S+](=O)(O)O)c2cc(N([O-])O)ccc2C1=O.[Na+]. The van der Waals surface area contributed by atoms with Crippen LogP contribution in [0.1, 0.15) is 27.0 Å². The van der Waals surface area contributed by atoms with Crippen molar-refractivity contribution in [3.63, 3.8) is 0 Å². The van der Waals surface area contributed by atoms with E-state index in [-0.39, 0.29) is 52.1 Å². The van der Waals surface area contributed by atoms with Gasteiger partial charge in [-0.1, -0.05) is 30.3 Å². The first kappa shape index (κ1) is 24.0. The average molecular weight is 462 g/mol.